The minimum atomic E-state index is -1.22. The Morgan fingerprint density at radius 1 is 1.32 bits per heavy atom. The zero-order valence-electron chi connectivity index (χ0n) is 14.4. The number of amides is 2. The largest absolute Gasteiger partial charge is 0.466 e. The van der Waals surface area contributed by atoms with Crippen LogP contribution in [0.5, 0.6) is 0 Å². The third-order valence-electron chi connectivity index (χ3n) is 5.78. The second kappa shape index (κ2) is 5.92. The van der Waals surface area contributed by atoms with Gasteiger partial charge < -0.3 is 20.2 Å². The topological polar surface area (TPSA) is 74.5 Å². The van der Waals surface area contributed by atoms with Crippen LogP contribution in [0.25, 0.3) is 0 Å². The molecule has 0 radical (unpaired) electrons. The van der Waals surface area contributed by atoms with Gasteiger partial charge in [0.1, 0.15) is 11.4 Å². The van der Waals surface area contributed by atoms with Crippen LogP contribution in [0.1, 0.15) is 36.7 Å². The Balaban J connectivity index is 1.27. The summed E-state index contributed by atoms with van der Waals surface area (Å²) in [4.78, 5) is 12.1. The fourth-order valence-electron chi connectivity index (χ4n) is 4.20. The lowest BCUT2D eigenvalue weighted by Gasteiger charge is -2.21. The van der Waals surface area contributed by atoms with Crippen molar-refractivity contribution in [3.8, 4) is 0 Å². The first-order valence-electron chi connectivity index (χ1n) is 8.88. The van der Waals surface area contributed by atoms with Crippen molar-refractivity contribution in [2.45, 2.75) is 37.2 Å². The molecule has 5 heteroatoms. The molecule has 0 aliphatic heterocycles. The van der Waals surface area contributed by atoms with Gasteiger partial charge >= 0.3 is 6.03 Å². The first-order chi connectivity index (χ1) is 12.0. The van der Waals surface area contributed by atoms with Gasteiger partial charge in [0.15, 0.2) is 0 Å². The van der Waals surface area contributed by atoms with E-state index in [0.717, 1.165) is 12.8 Å². The molecule has 2 aliphatic carbocycles. The minimum Gasteiger partial charge on any atom is -0.466 e. The first kappa shape index (κ1) is 16.2. The van der Waals surface area contributed by atoms with Gasteiger partial charge in [-0.05, 0) is 55.4 Å². The lowest BCUT2D eigenvalue weighted by atomic mass is 9.95. The molecule has 1 saturated carbocycles. The number of aryl methyl sites for hydroxylation is 1. The number of carbonyl (C=O) groups is 1. The van der Waals surface area contributed by atoms with Gasteiger partial charge in [0.05, 0.1) is 12.8 Å². The Bertz CT molecular complexity index is 769. The van der Waals surface area contributed by atoms with Crippen LogP contribution in [0.3, 0.4) is 0 Å². The first-order valence-corrected chi connectivity index (χ1v) is 8.88. The molecule has 25 heavy (non-hydrogen) atoms. The third-order valence-corrected chi connectivity index (χ3v) is 5.78. The number of carbonyl (C=O) groups excluding carboxylic acids is 1. The van der Waals surface area contributed by atoms with E-state index >= 15 is 0 Å². The van der Waals surface area contributed by atoms with Crippen molar-refractivity contribution in [1.29, 1.82) is 0 Å². The van der Waals surface area contributed by atoms with Gasteiger partial charge in [0.2, 0.25) is 0 Å². The number of nitrogens with one attached hydrogen (secondary N) is 2. The highest BCUT2D eigenvalue weighted by Gasteiger charge is 2.57. The van der Waals surface area contributed by atoms with Crippen molar-refractivity contribution in [3.05, 3.63) is 59.5 Å². The summed E-state index contributed by atoms with van der Waals surface area (Å²) in [6.45, 7) is 2.39. The summed E-state index contributed by atoms with van der Waals surface area (Å²) in [5.41, 5.74) is 2.00. The Morgan fingerprint density at radius 2 is 2.16 bits per heavy atom. The standard InChI is InChI=1S/C20H24N2O3/c1-19(24,17-7-4-10-25-17)13-22-18(23)21-12-15-11-20(15)9-8-14-5-2-3-6-16(14)20/h2-7,10,15,24H,8-9,11-13H2,1H3,(H2,21,22,23)/t15-,19-,20+/m0/s1. The fourth-order valence-corrected chi connectivity index (χ4v) is 4.20. The third kappa shape index (κ3) is 2.93. The quantitative estimate of drug-likeness (QED) is 0.783. The van der Waals surface area contributed by atoms with Gasteiger partial charge in [-0.15, -0.1) is 0 Å². The van der Waals surface area contributed by atoms with Gasteiger partial charge in [-0.2, -0.15) is 0 Å². The number of rotatable bonds is 5. The van der Waals surface area contributed by atoms with E-state index in [-0.39, 0.29) is 18.0 Å². The minimum absolute atomic E-state index is 0.102. The van der Waals surface area contributed by atoms with E-state index < -0.39 is 5.60 Å². The summed E-state index contributed by atoms with van der Waals surface area (Å²) in [5.74, 6) is 0.948. The lowest BCUT2D eigenvalue weighted by molar-refractivity contribution is 0.0367. The molecule has 4 rings (SSSR count). The number of hydrogen-bond acceptors (Lipinski definition) is 3. The zero-order chi connectivity index (χ0) is 17.5. The van der Waals surface area contributed by atoms with Gasteiger partial charge in [-0.3, -0.25) is 0 Å². The van der Waals surface area contributed by atoms with Gasteiger partial charge in [0.25, 0.3) is 0 Å². The number of hydrogen-bond donors (Lipinski definition) is 3. The van der Waals surface area contributed by atoms with E-state index in [4.69, 9.17) is 4.42 Å². The zero-order valence-corrected chi connectivity index (χ0v) is 14.4. The summed E-state index contributed by atoms with van der Waals surface area (Å²) >= 11 is 0. The normalized spacial score (nSPS) is 26.1. The molecule has 132 valence electrons. The number of furan rings is 1. The Kier molecular flexibility index (Phi) is 3.84. The van der Waals surface area contributed by atoms with E-state index in [1.807, 2.05) is 0 Å². The highest BCUT2D eigenvalue weighted by Crippen LogP contribution is 2.61. The molecule has 3 atom stereocenters. The molecule has 1 heterocycles. The highest BCUT2D eigenvalue weighted by atomic mass is 16.4. The maximum atomic E-state index is 12.1. The van der Waals surface area contributed by atoms with Crippen molar-refractivity contribution >= 4 is 6.03 Å². The summed E-state index contributed by atoms with van der Waals surface area (Å²) in [5, 5.41) is 16.0. The molecular formula is C20H24N2O3. The molecule has 0 unspecified atom stereocenters. The van der Waals surface area contributed by atoms with Crippen LogP contribution in [0.4, 0.5) is 4.79 Å². The van der Waals surface area contributed by atoms with Crippen LogP contribution >= 0.6 is 0 Å². The molecule has 3 N–H and O–H groups in total. The molecular weight excluding hydrogens is 316 g/mol. The van der Waals surface area contributed by atoms with Crippen LogP contribution in [0.15, 0.2) is 47.1 Å². The van der Waals surface area contributed by atoms with Crippen LogP contribution in [0.2, 0.25) is 0 Å². The van der Waals surface area contributed by atoms with Crippen molar-refractivity contribution in [2.75, 3.05) is 13.1 Å². The Hall–Kier alpha value is -2.27. The summed E-state index contributed by atoms with van der Waals surface area (Å²) in [7, 11) is 0. The van der Waals surface area contributed by atoms with E-state index in [1.165, 1.54) is 23.8 Å². The molecule has 5 nitrogen and oxygen atoms in total. The van der Waals surface area contributed by atoms with Crippen molar-refractivity contribution in [2.24, 2.45) is 5.92 Å². The number of benzene rings is 1. The maximum Gasteiger partial charge on any atom is 0.314 e. The average Bonchev–Trinajstić information content (AvgIpc) is 2.96. The summed E-state index contributed by atoms with van der Waals surface area (Å²) in [6.07, 6.45) is 4.99. The highest BCUT2D eigenvalue weighted by molar-refractivity contribution is 5.74. The monoisotopic (exact) mass is 340 g/mol. The van der Waals surface area contributed by atoms with E-state index in [1.54, 1.807) is 19.1 Å². The molecule has 0 saturated heterocycles. The Morgan fingerprint density at radius 3 is 2.96 bits per heavy atom. The Labute approximate surface area is 147 Å². The maximum absolute atomic E-state index is 12.1. The van der Waals surface area contributed by atoms with Crippen LogP contribution in [0, 0.1) is 5.92 Å². The second-order valence-electron chi connectivity index (χ2n) is 7.53. The second-order valence-corrected chi connectivity index (χ2v) is 7.53. The molecule has 2 aliphatic rings. The lowest BCUT2D eigenvalue weighted by Crippen LogP contribution is -2.44. The number of fused-ring (bicyclic) bond motifs is 2. The molecule has 1 fully saturated rings. The van der Waals surface area contributed by atoms with E-state index in [2.05, 4.69) is 34.9 Å². The number of aliphatic hydroxyl groups is 1. The molecule has 1 aromatic carbocycles. The SMILES string of the molecule is C[C@](O)(CNC(=O)NC[C@@H]1C[C@]12CCc1ccccc12)c1ccco1. The average molecular weight is 340 g/mol. The van der Waals surface area contributed by atoms with E-state index in [9.17, 15) is 9.90 Å². The van der Waals surface area contributed by atoms with Gasteiger partial charge in [-0.1, -0.05) is 24.3 Å². The van der Waals surface area contributed by atoms with Gasteiger partial charge in [0, 0.05) is 12.0 Å². The van der Waals surface area contributed by atoms with E-state index in [0.29, 0.717) is 18.2 Å². The molecule has 2 amide bonds. The molecule has 0 bridgehead atoms. The summed E-state index contributed by atoms with van der Waals surface area (Å²) < 4.78 is 5.21. The van der Waals surface area contributed by atoms with Crippen LogP contribution < -0.4 is 10.6 Å². The van der Waals surface area contributed by atoms with Crippen LogP contribution in [-0.2, 0) is 17.4 Å². The smallest absolute Gasteiger partial charge is 0.314 e. The number of urea groups is 1. The molecule has 1 spiro atoms. The van der Waals surface area contributed by atoms with Crippen LogP contribution in [-0.4, -0.2) is 24.2 Å². The molecule has 1 aromatic heterocycles. The predicted molar refractivity (Wildman–Crippen MR) is 94.2 cm³/mol. The van der Waals surface area contributed by atoms with Gasteiger partial charge in [-0.25, -0.2) is 4.79 Å². The fraction of sp³-hybridized carbons (Fsp3) is 0.450. The van der Waals surface area contributed by atoms with Crippen molar-refractivity contribution in [1.82, 2.24) is 10.6 Å². The van der Waals surface area contributed by atoms with Crippen molar-refractivity contribution < 1.29 is 14.3 Å². The van der Waals surface area contributed by atoms with Crippen molar-refractivity contribution in [3.63, 3.8) is 0 Å². The molecule has 2 aromatic rings. The predicted octanol–water partition coefficient (Wildman–Crippen LogP) is 2.69. The summed E-state index contributed by atoms with van der Waals surface area (Å²) in [6, 6.07) is 11.8.